The van der Waals surface area contributed by atoms with Crippen LogP contribution in [-0.4, -0.2) is 32.5 Å². The molecular formula is C11H18O3. The standard InChI is InChI=1S/C11H18O3/c1-9-4-5-10(12)11(6-9,7-13-2)8-14-3/h4-5,12H,6-8H2,1-3H3. The number of aliphatic hydroxyl groups excluding tert-OH is 1. The highest BCUT2D eigenvalue weighted by molar-refractivity contribution is 5.26. The molecule has 1 aliphatic carbocycles. The summed E-state index contributed by atoms with van der Waals surface area (Å²) in [5.41, 5.74) is 0.847. The Bertz CT molecular complexity index is 247. The Morgan fingerprint density at radius 3 is 2.36 bits per heavy atom. The first-order valence-electron chi connectivity index (χ1n) is 4.69. The van der Waals surface area contributed by atoms with Crippen LogP contribution in [0.2, 0.25) is 0 Å². The van der Waals surface area contributed by atoms with E-state index in [0.29, 0.717) is 19.0 Å². The van der Waals surface area contributed by atoms with Crippen LogP contribution in [0.4, 0.5) is 0 Å². The van der Waals surface area contributed by atoms with Crippen LogP contribution in [0.15, 0.2) is 23.5 Å². The van der Waals surface area contributed by atoms with E-state index in [1.54, 1.807) is 20.3 Å². The molecule has 3 nitrogen and oxygen atoms in total. The Balaban J connectivity index is 2.87. The van der Waals surface area contributed by atoms with Crippen LogP contribution in [0.25, 0.3) is 0 Å². The number of allylic oxidation sites excluding steroid dienone is 3. The maximum absolute atomic E-state index is 9.86. The minimum Gasteiger partial charge on any atom is -0.512 e. The molecule has 0 radical (unpaired) electrons. The van der Waals surface area contributed by atoms with E-state index in [0.717, 1.165) is 6.42 Å². The molecule has 1 aliphatic rings. The zero-order valence-corrected chi connectivity index (χ0v) is 9.04. The molecule has 1 rings (SSSR count). The Morgan fingerprint density at radius 1 is 1.29 bits per heavy atom. The van der Waals surface area contributed by atoms with Gasteiger partial charge in [-0.15, -0.1) is 0 Å². The lowest BCUT2D eigenvalue weighted by Crippen LogP contribution is -2.35. The molecule has 1 N–H and O–H groups in total. The summed E-state index contributed by atoms with van der Waals surface area (Å²) < 4.78 is 10.3. The van der Waals surface area contributed by atoms with Gasteiger partial charge in [0.05, 0.1) is 18.6 Å². The molecule has 14 heavy (non-hydrogen) atoms. The minimum atomic E-state index is -0.387. The minimum absolute atomic E-state index is 0.354. The lowest BCUT2D eigenvalue weighted by Gasteiger charge is -2.34. The number of hydrogen-bond donors (Lipinski definition) is 1. The Hall–Kier alpha value is -0.800. The van der Waals surface area contributed by atoms with Gasteiger partial charge in [0.2, 0.25) is 0 Å². The molecule has 0 atom stereocenters. The van der Waals surface area contributed by atoms with Crippen molar-refractivity contribution in [3.8, 4) is 0 Å². The molecule has 0 spiro atoms. The van der Waals surface area contributed by atoms with E-state index in [1.807, 2.05) is 13.0 Å². The van der Waals surface area contributed by atoms with Crippen LogP contribution < -0.4 is 0 Å². The van der Waals surface area contributed by atoms with Crippen molar-refractivity contribution in [2.24, 2.45) is 5.41 Å². The molecule has 0 aromatic rings. The highest BCUT2D eigenvalue weighted by Gasteiger charge is 2.36. The number of rotatable bonds is 4. The molecular weight excluding hydrogens is 180 g/mol. The molecule has 0 amide bonds. The molecule has 0 bridgehead atoms. The highest BCUT2D eigenvalue weighted by Crippen LogP contribution is 2.36. The van der Waals surface area contributed by atoms with Gasteiger partial charge in [0, 0.05) is 14.2 Å². The zero-order chi connectivity index (χ0) is 10.6. The van der Waals surface area contributed by atoms with Crippen LogP contribution in [0.3, 0.4) is 0 Å². The number of hydrogen-bond acceptors (Lipinski definition) is 3. The second-order valence-corrected chi connectivity index (χ2v) is 3.89. The SMILES string of the molecule is COCC1(COC)CC(C)=CC=C1O. The smallest absolute Gasteiger partial charge is 0.103 e. The summed E-state index contributed by atoms with van der Waals surface area (Å²) in [7, 11) is 3.27. The van der Waals surface area contributed by atoms with Crippen molar-refractivity contribution in [3.05, 3.63) is 23.5 Å². The maximum atomic E-state index is 9.86. The van der Waals surface area contributed by atoms with E-state index >= 15 is 0 Å². The van der Waals surface area contributed by atoms with Gasteiger partial charge in [-0.1, -0.05) is 11.6 Å². The number of methoxy groups -OCH3 is 2. The Morgan fingerprint density at radius 2 is 1.86 bits per heavy atom. The number of aliphatic hydroxyl groups is 1. The van der Waals surface area contributed by atoms with Gasteiger partial charge in [-0.2, -0.15) is 0 Å². The summed E-state index contributed by atoms with van der Waals surface area (Å²) in [6, 6.07) is 0. The van der Waals surface area contributed by atoms with Gasteiger partial charge < -0.3 is 14.6 Å². The van der Waals surface area contributed by atoms with E-state index in [-0.39, 0.29) is 5.41 Å². The Kier molecular flexibility index (Phi) is 3.72. The van der Waals surface area contributed by atoms with Crippen molar-refractivity contribution >= 4 is 0 Å². The predicted molar refractivity (Wildman–Crippen MR) is 55.3 cm³/mol. The molecule has 0 aromatic carbocycles. The fourth-order valence-corrected chi connectivity index (χ4v) is 1.93. The van der Waals surface area contributed by atoms with Crippen molar-refractivity contribution in [3.63, 3.8) is 0 Å². The van der Waals surface area contributed by atoms with Crippen molar-refractivity contribution in [2.45, 2.75) is 13.3 Å². The van der Waals surface area contributed by atoms with E-state index in [4.69, 9.17) is 9.47 Å². The molecule has 0 saturated carbocycles. The predicted octanol–water partition coefficient (Wildman–Crippen LogP) is 2.06. The quantitative estimate of drug-likeness (QED) is 0.751. The van der Waals surface area contributed by atoms with Crippen molar-refractivity contribution in [2.75, 3.05) is 27.4 Å². The van der Waals surface area contributed by atoms with E-state index in [2.05, 4.69) is 0 Å². The van der Waals surface area contributed by atoms with E-state index < -0.39 is 0 Å². The molecule has 0 unspecified atom stereocenters. The lowest BCUT2D eigenvalue weighted by atomic mass is 9.78. The fourth-order valence-electron chi connectivity index (χ4n) is 1.93. The molecule has 0 heterocycles. The first kappa shape index (κ1) is 11.3. The average molecular weight is 198 g/mol. The summed E-state index contributed by atoms with van der Waals surface area (Å²) >= 11 is 0. The van der Waals surface area contributed by atoms with E-state index in [1.165, 1.54) is 5.57 Å². The molecule has 80 valence electrons. The second kappa shape index (κ2) is 4.62. The average Bonchev–Trinajstić information content (AvgIpc) is 2.13. The molecule has 0 aromatic heterocycles. The summed E-state index contributed by atoms with van der Waals surface area (Å²) in [6.07, 6.45) is 4.45. The zero-order valence-electron chi connectivity index (χ0n) is 9.04. The van der Waals surface area contributed by atoms with Gasteiger partial charge in [-0.3, -0.25) is 0 Å². The summed E-state index contributed by atoms with van der Waals surface area (Å²) in [6.45, 7) is 3.01. The summed E-state index contributed by atoms with van der Waals surface area (Å²) in [4.78, 5) is 0. The highest BCUT2D eigenvalue weighted by atomic mass is 16.5. The third-order valence-electron chi connectivity index (χ3n) is 2.53. The van der Waals surface area contributed by atoms with Gasteiger partial charge in [0.15, 0.2) is 0 Å². The van der Waals surface area contributed by atoms with Gasteiger partial charge in [-0.25, -0.2) is 0 Å². The van der Waals surface area contributed by atoms with Crippen molar-refractivity contribution in [1.29, 1.82) is 0 Å². The Labute approximate surface area is 85.0 Å². The molecule has 0 saturated heterocycles. The third kappa shape index (κ3) is 2.16. The van der Waals surface area contributed by atoms with Crippen LogP contribution in [0, 0.1) is 5.41 Å². The second-order valence-electron chi connectivity index (χ2n) is 3.89. The number of ether oxygens (including phenoxy) is 2. The van der Waals surface area contributed by atoms with Crippen LogP contribution >= 0.6 is 0 Å². The van der Waals surface area contributed by atoms with Crippen LogP contribution in [0.5, 0.6) is 0 Å². The van der Waals surface area contributed by atoms with Crippen LogP contribution in [0.1, 0.15) is 13.3 Å². The summed E-state index contributed by atoms with van der Waals surface area (Å²) in [5.74, 6) is 0.354. The lowest BCUT2D eigenvalue weighted by molar-refractivity contribution is 0.00773. The monoisotopic (exact) mass is 198 g/mol. The van der Waals surface area contributed by atoms with Gasteiger partial charge in [0.25, 0.3) is 0 Å². The first-order valence-corrected chi connectivity index (χ1v) is 4.69. The molecule has 0 aliphatic heterocycles. The normalized spacial score (nSPS) is 20.2. The van der Waals surface area contributed by atoms with Gasteiger partial charge in [0.1, 0.15) is 5.76 Å². The largest absolute Gasteiger partial charge is 0.512 e. The van der Waals surface area contributed by atoms with Crippen LogP contribution in [-0.2, 0) is 9.47 Å². The fraction of sp³-hybridized carbons (Fsp3) is 0.636. The van der Waals surface area contributed by atoms with Crippen molar-refractivity contribution < 1.29 is 14.6 Å². The maximum Gasteiger partial charge on any atom is 0.103 e. The van der Waals surface area contributed by atoms with E-state index in [9.17, 15) is 5.11 Å². The van der Waals surface area contributed by atoms with Gasteiger partial charge in [-0.05, 0) is 19.4 Å². The van der Waals surface area contributed by atoms with Gasteiger partial charge >= 0.3 is 0 Å². The summed E-state index contributed by atoms with van der Waals surface area (Å²) in [5, 5.41) is 9.86. The van der Waals surface area contributed by atoms with Crippen molar-refractivity contribution in [1.82, 2.24) is 0 Å². The molecule has 3 heteroatoms. The third-order valence-corrected chi connectivity index (χ3v) is 2.53. The first-order chi connectivity index (χ1) is 6.64. The topological polar surface area (TPSA) is 38.7 Å². The molecule has 0 fully saturated rings.